The zero-order valence-electron chi connectivity index (χ0n) is 13.6. The molecule has 1 aromatic carbocycles. The summed E-state index contributed by atoms with van der Waals surface area (Å²) >= 11 is 0. The summed E-state index contributed by atoms with van der Waals surface area (Å²) in [6, 6.07) is 8.90. The number of likely N-dealkylation sites (tertiary alicyclic amines) is 1. The SMILES string of the molecule is Cn1c2c(c3ccccc31)C(N1CCCC1=O)C1=C2CCCC1. The quantitative estimate of drug-likeness (QED) is 0.776. The third-order valence-electron chi connectivity index (χ3n) is 5.97. The van der Waals surface area contributed by atoms with Gasteiger partial charge in [0.25, 0.3) is 0 Å². The predicted octanol–water partition coefficient (Wildman–Crippen LogP) is 4.18. The summed E-state index contributed by atoms with van der Waals surface area (Å²) < 4.78 is 2.37. The first-order chi connectivity index (χ1) is 11.3. The van der Waals surface area contributed by atoms with Crippen LogP contribution in [0, 0.1) is 0 Å². The van der Waals surface area contributed by atoms with E-state index in [0.717, 1.165) is 25.8 Å². The van der Waals surface area contributed by atoms with E-state index < -0.39 is 0 Å². The molecule has 0 bridgehead atoms. The van der Waals surface area contributed by atoms with Crippen molar-refractivity contribution in [1.82, 2.24) is 9.47 Å². The lowest BCUT2D eigenvalue weighted by atomic mass is 9.90. The van der Waals surface area contributed by atoms with Crippen LogP contribution in [0.3, 0.4) is 0 Å². The maximum absolute atomic E-state index is 12.5. The molecule has 3 heteroatoms. The minimum Gasteiger partial charge on any atom is -0.344 e. The van der Waals surface area contributed by atoms with Gasteiger partial charge >= 0.3 is 0 Å². The third kappa shape index (κ3) is 1.68. The number of rotatable bonds is 1. The van der Waals surface area contributed by atoms with Crippen molar-refractivity contribution in [3.8, 4) is 0 Å². The maximum Gasteiger partial charge on any atom is 0.223 e. The van der Waals surface area contributed by atoms with Crippen molar-refractivity contribution in [2.75, 3.05) is 6.54 Å². The lowest BCUT2D eigenvalue weighted by Crippen LogP contribution is -2.30. The van der Waals surface area contributed by atoms with Crippen molar-refractivity contribution in [3.63, 3.8) is 0 Å². The van der Waals surface area contributed by atoms with Crippen molar-refractivity contribution < 1.29 is 4.79 Å². The van der Waals surface area contributed by atoms with E-state index in [-0.39, 0.29) is 6.04 Å². The fourth-order valence-corrected chi connectivity index (χ4v) is 5.03. The van der Waals surface area contributed by atoms with Crippen LogP contribution in [0.5, 0.6) is 0 Å². The van der Waals surface area contributed by atoms with Gasteiger partial charge in [-0.05, 0) is 49.3 Å². The summed E-state index contributed by atoms with van der Waals surface area (Å²) in [6.07, 6.45) is 6.61. The fraction of sp³-hybridized carbons (Fsp3) is 0.450. The Labute approximate surface area is 136 Å². The first-order valence-corrected chi connectivity index (χ1v) is 8.86. The molecule has 3 aliphatic rings. The van der Waals surface area contributed by atoms with E-state index in [4.69, 9.17) is 0 Å². The number of aryl methyl sites for hydroxylation is 1. The molecular formula is C20H22N2O. The molecule has 2 heterocycles. The number of fused-ring (bicyclic) bond motifs is 4. The van der Waals surface area contributed by atoms with E-state index in [1.807, 2.05) is 0 Å². The molecule has 0 saturated carbocycles. The van der Waals surface area contributed by atoms with Gasteiger partial charge in [-0.2, -0.15) is 0 Å². The van der Waals surface area contributed by atoms with E-state index in [1.165, 1.54) is 52.6 Å². The molecule has 2 aliphatic carbocycles. The molecule has 1 fully saturated rings. The van der Waals surface area contributed by atoms with Crippen LogP contribution >= 0.6 is 0 Å². The van der Waals surface area contributed by atoms with Crippen molar-refractivity contribution in [2.45, 2.75) is 44.6 Å². The van der Waals surface area contributed by atoms with Gasteiger partial charge in [0.15, 0.2) is 0 Å². The van der Waals surface area contributed by atoms with Crippen LogP contribution in [-0.4, -0.2) is 21.9 Å². The predicted molar refractivity (Wildman–Crippen MR) is 92.0 cm³/mol. The van der Waals surface area contributed by atoms with E-state index in [0.29, 0.717) is 5.91 Å². The van der Waals surface area contributed by atoms with Crippen LogP contribution in [0.2, 0.25) is 0 Å². The van der Waals surface area contributed by atoms with Gasteiger partial charge in [-0.25, -0.2) is 0 Å². The monoisotopic (exact) mass is 306 g/mol. The van der Waals surface area contributed by atoms with Gasteiger partial charge in [-0.3, -0.25) is 4.79 Å². The molecule has 2 aromatic rings. The number of amides is 1. The van der Waals surface area contributed by atoms with E-state index in [1.54, 1.807) is 0 Å². The van der Waals surface area contributed by atoms with Crippen LogP contribution in [0.1, 0.15) is 55.8 Å². The van der Waals surface area contributed by atoms with E-state index >= 15 is 0 Å². The molecular weight excluding hydrogens is 284 g/mol. The molecule has 0 radical (unpaired) electrons. The van der Waals surface area contributed by atoms with Crippen molar-refractivity contribution in [3.05, 3.63) is 41.1 Å². The Morgan fingerprint density at radius 1 is 1.04 bits per heavy atom. The van der Waals surface area contributed by atoms with Gasteiger partial charge in [0.2, 0.25) is 5.91 Å². The average Bonchev–Trinajstić information content (AvgIpc) is 3.22. The van der Waals surface area contributed by atoms with Crippen LogP contribution in [0.25, 0.3) is 16.5 Å². The highest BCUT2D eigenvalue weighted by Crippen LogP contribution is 2.53. The Kier molecular flexibility index (Phi) is 2.76. The number of hydrogen-bond donors (Lipinski definition) is 0. The molecule has 1 saturated heterocycles. The Balaban J connectivity index is 1.81. The van der Waals surface area contributed by atoms with Crippen molar-refractivity contribution in [1.29, 1.82) is 0 Å². The topological polar surface area (TPSA) is 25.2 Å². The Hall–Kier alpha value is -2.03. The number of aromatic nitrogens is 1. The first-order valence-electron chi connectivity index (χ1n) is 8.86. The Morgan fingerprint density at radius 2 is 1.87 bits per heavy atom. The normalized spacial score (nSPS) is 23.8. The molecule has 0 N–H and O–H groups in total. The second-order valence-electron chi connectivity index (χ2n) is 7.14. The Bertz CT molecular complexity index is 858. The highest BCUT2D eigenvalue weighted by molar-refractivity contribution is 5.96. The molecule has 1 atom stereocenters. The molecule has 5 rings (SSSR count). The zero-order valence-corrected chi connectivity index (χ0v) is 13.6. The minimum absolute atomic E-state index is 0.210. The first kappa shape index (κ1) is 13.4. The van der Waals surface area contributed by atoms with Crippen LogP contribution in [-0.2, 0) is 11.8 Å². The Morgan fingerprint density at radius 3 is 2.70 bits per heavy atom. The number of allylic oxidation sites excluding steroid dienone is 1. The van der Waals surface area contributed by atoms with Crippen LogP contribution in [0.15, 0.2) is 29.8 Å². The van der Waals surface area contributed by atoms with Gasteiger partial charge in [0.05, 0.1) is 11.7 Å². The lowest BCUT2D eigenvalue weighted by molar-refractivity contribution is -0.129. The second-order valence-corrected chi connectivity index (χ2v) is 7.14. The van der Waals surface area contributed by atoms with Gasteiger partial charge in [0.1, 0.15) is 0 Å². The summed E-state index contributed by atoms with van der Waals surface area (Å²) in [5.74, 6) is 0.341. The van der Waals surface area contributed by atoms with Crippen LogP contribution in [0.4, 0.5) is 0 Å². The van der Waals surface area contributed by atoms with Gasteiger partial charge in [-0.15, -0.1) is 0 Å². The summed E-state index contributed by atoms with van der Waals surface area (Å²) in [4.78, 5) is 14.7. The number of hydrogen-bond acceptors (Lipinski definition) is 1. The number of benzene rings is 1. The van der Waals surface area contributed by atoms with Crippen molar-refractivity contribution in [2.24, 2.45) is 7.05 Å². The van der Waals surface area contributed by atoms with E-state index in [9.17, 15) is 4.79 Å². The standard InChI is InChI=1S/C20H22N2O/c1-21-16-10-5-4-9-15(16)18-19(21)13-7-2-3-8-14(13)20(18)22-12-6-11-17(22)23/h4-5,9-10,20H,2-3,6-8,11-12H2,1H3. The van der Waals surface area contributed by atoms with E-state index in [2.05, 4.69) is 40.8 Å². The fourth-order valence-electron chi connectivity index (χ4n) is 5.03. The number of carbonyl (C=O) groups is 1. The third-order valence-corrected chi connectivity index (χ3v) is 5.97. The van der Waals surface area contributed by atoms with Crippen LogP contribution < -0.4 is 0 Å². The van der Waals surface area contributed by atoms with Gasteiger partial charge in [-0.1, -0.05) is 18.2 Å². The summed E-state index contributed by atoms with van der Waals surface area (Å²) in [5, 5.41) is 1.34. The number of carbonyl (C=O) groups excluding carboxylic acids is 1. The van der Waals surface area contributed by atoms with Crippen molar-refractivity contribution >= 4 is 22.4 Å². The molecule has 118 valence electrons. The summed E-state index contributed by atoms with van der Waals surface area (Å²) in [5.41, 5.74) is 7.19. The molecule has 1 aromatic heterocycles. The second kappa shape index (κ2) is 4.73. The molecule has 1 aliphatic heterocycles. The zero-order chi connectivity index (χ0) is 15.6. The largest absolute Gasteiger partial charge is 0.344 e. The van der Waals surface area contributed by atoms with Gasteiger partial charge < -0.3 is 9.47 Å². The smallest absolute Gasteiger partial charge is 0.223 e. The highest BCUT2D eigenvalue weighted by Gasteiger charge is 2.42. The lowest BCUT2D eigenvalue weighted by Gasteiger charge is -2.29. The number of para-hydroxylation sites is 1. The molecule has 1 amide bonds. The summed E-state index contributed by atoms with van der Waals surface area (Å²) in [7, 11) is 2.19. The molecule has 0 spiro atoms. The maximum atomic E-state index is 12.5. The van der Waals surface area contributed by atoms with Gasteiger partial charge in [0, 0.05) is 36.5 Å². The molecule has 3 nitrogen and oxygen atoms in total. The molecule has 1 unspecified atom stereocenters. The number of nitrogens with zero attached hydrogens (tertiary/aromatic N) is 2. The highest BCUT2D eigenvalue weighted by atomic mass is 16.2. The summed E-state index contributed by atoms with van der Waals surface area (Å²) in [6.45, 7) is 0.920. The minimum atomic E-state index is 0.210. The average molecular weight is 306 g/mol. The molecule has 23 heavy (non-hydrogen) atoms.